The van der Waals surface area contributed by atoms with Crippen LogP contribution in [-0.2, 0) is 4.79 Å². The molecule has 140 valence electrons. The lowest BCUT2D eigenvalue weighted by Crippen LogP contribution is -2.38. The molecule has 1 aromatic heterocycles. The van der Waals surface area contributed by atoms with E-state index >= 15 is 0 Å². The fourth-order valence-corrected chi connectivity index (χ4v) is 4.53. The van der Waals surface area contributed by atoms with Gasteiger partial charge in [-0.2, -0.15) is 0 Å². The van der Waals surface area contributed by atoms with Gasteiger partial charge in [-0.1, -0.05) is 30.3 Å². The standard InChI is InChI=1S/C22H25N3OS/c1-27-21-9-5-4-8-20(21)24-22(26)15-25-12-10-16(11-13-25)18-14-23-19-7-3-2-6-17(18)19/h2-9,14,16,23H,10-13,15H2,1H3,(H,24,26). The highest BCUT2D eigenvalue weighted by Gasteiger charge is 2.24. The summed E-state index contributed by atoms with van der Waals surface area (Å²) in [5.41, 5.74) is 3.54. The summed E-state index contributed by atoms with van der Waals surface area (Å²) < 4.78 is 0. The molecule has 5 heteroatoms. The van der Waals surface area contributed by atoms with Gasteiger partial charge in [-0.3, -0.25) is 9.69 Å². The van der Waals surface area contributed by atoms with Crippen molar-refractivity contribution in [2.75, 3.05) is 31.2 Å². The first-order valence-electron chi connectivity index (χ1n) is 9.46. The summed E-state index contributed by atoms with van der Waals surface area (Å²) in [7, 11) is 0. The van der Waals surface area contributed by atoms with Crippen molar-refractivity contribution in [2.24, 2.45) is 0 Å². The monoisotopic (exact) mass is 379 g/mol. The third kappa shape index (κ3) is 4.04. The van der Waals surface area contributed by atoms with Crippen LogP contribution >= 0.6 is 11.8 Å². The van der Waals surface area contributed by atoms with E-state index in [2.05, 4.69) is 45.7 Å². The number of nitrogens with one attached hydrogen (secondary N) is 2. The van der Waals surface area contributed by atoms with Gasteiger partial charge in [0.1, 0.15) is 0 Å². The van der Waals surface area contributed by atoms with E-state index in [1.54, 1.807) is 11.8 Å². The van der Waals surface area contributed by atoms with Crippen LogP contribution in [0.4, 0.5) is 5.69 Å². The molecule has 1 saturated heterocycles. The number of piperidine rings is 1. The number of hydrogen-bond donors (Lipinski definition) is 2. The Labute approximate surface area is 164 Å². The smallest absolute Gasteiger partial charge is 0.238 e. The number of anilines is 1. The number of fused-ring (bicyclic) bond motifs is 1. The third-order valence-corrected chi connectivity index (χ3v) is 6.19. The SMILES string of the molecule is CSc1ccccc1NC(=O)CN1CCC(c2c[nH]c3ccccc23)CC1. The Morgan fingerprint density at radius 1 is 1.15 bits per heavy atom. The number of thioether (sulfide) groups is 1. The summed E-state index contributed by atoms with van der Waals surface area (Å²) in [5.74, 6) is 0.639. The van der Waals surface area contributed by atoms with Crippen molar-refractivity contribution in [3.63, 3.8) is 0 Å². The lowest BCUT2D eigenvalue weighted by molar-refractivity contribution is -0.117. The van der Waals surface area contributed by atoms with E-state index in [0.29, 0.717) is 12.5 Å². The number of aromatic nitrogens is 1. The van der Waals surface area contributed by atoms with Gasteiger partial charge in [0.2, 0.25) is 5.91 Å². The molecular formula is C22H25N3OS. The highest BCUT2D eigenvalue weighted by Crippen LogP contribution is 2.33. The van der Waals surface area contributed by atoms with E-state index in [1.165, 1.54) is 16.5 Å². The van der Waals surface area contributed by atoms with Crippen molar-refractivity contribution in [2.45, 2.75) is 23.7 Å². The van der Waals surface area contributed by atoms with E-state index in [1.807, 2.05) is 30.5 Å². The number of para-hydroxylation sites is 2. The number of likely N-dealkylation sites (tertiary alicyclic amines) is 1. The largest absolute Gasteiger partial charge is 0.361 e. The summed E-state index contributed by atoms with van der Waals surface area (Å²) in [5, 5.41) is 4.40. The minimum absolute atomic E-state index is 0.0713. The van der Waals surface area contributed by atoms with Crippen molar-refractivity contribution in [1.29, 1.82) is 0 Å². The normalized spacial score (nSPS) is 15.9. The topological polar surface area (TPSA) is 48.1 Å². The summed E-state index contributed by atoms with van der Waals surface area (Å²) >= 11 is 1.65. The molecule has 0 saturated carbocycles. The van der Waals surface area contributed by atoms with Crippen molar-refractivity contribution in [3.8, 4) is 0 Å². The highest BCUT2D eigenvalue weighted by molar-refractivity contribution is 7.98. The van der Waals surface area contributed by atoms with Gasteiger partial charge in [-0.05, 0) is 61.9 Å². The van der Waals surface area contributed by atoms with Crippen LogP contribution in [0, 0.1) is 0 Å². The molecule has 0 bridgehead atoms. The van der Waals surface area contributed by atoms with Gasteiger partial charge in [-0.15, -0.1) is 11.8 Å². The van der Waals surface area contributed by atoms with Gasteiger partial charge in [-0.25, -0.2) is 0 Å². The quantitative estimate of drug-likeness (QED) is 0.631. The minimum atomic E-state index is 0.0713. The van der Waals surface area contributed by atoms with Crippen LogP contribution in [0.5, 0.6) is 0 Å². The first-order valence-corrected chi connectivity index (χ1v) is 10.7. The number of rotatable bonds is 5. The molecule has 4 rings (SSSR count). The van der Waals surface area contributed by atoms with Crippen LogP contribution < -0.4 is 5.32 Å². The Morgan fingerprint density at radius 3 is 2.70 bits per heavy atom. The fraction of sp³-hybridized carbons (Fsp3) is 0.318. The molecular weight excluding hydrogens is 354 g/mol. The van der Waals surface area contributed by atoms with Crippen LogP contribution in [-0.4, -0.2) is 41.7 Å². The molecule has 2 heterocycles. The maximum absolute atomic E-state index is 12.5. The van der Waals surface area contributed by atoms with Gasteiger partial charge >= 0.3 is 0 Å². The lowest BCUT2D eigenvalue weighted by Gasteiger charge is -2.31. The Bertz CT molecular complexity index is 928. The molecule has 0 unspecified atom stereocenters. The predicted octanol–water partition coefficient (Wildman–Crippen LogP) is 4.71. The molecule has 4 nitrogen and oxygen atoms in total. The average molecular weight is 380 g/mol. The van der Waals surface area contributed by atoms with E-state index < -0.39 is 0 Å². The highest BCUT2D eigenvalue weighted by atomic mass is 32.2. The van der Waals surface area contributed by atoms with Crippen LogP contribution in [0.15, 0.2) is 59.6 Å². The Morgan fingerprint density at radius 2 is 1.89 bits per heavy atom. The van der Waals surface area contributed by atoms with E-state index in [9.17, 15) is 4.79 Å². The van der Waals surface area contributed by atoms with Crippen LogP contribution in [0.1, 0.15) is 24.3 Å². The number of carbonyl (C=O) groups is 1. The molecule has 0 atom stereocenters. The molecule has 1 aliphatic heterocycles. The van der Waals surface area contributed by atoms with Gasteiger partial charge < -0.3 is 10.3 Å². The molecule has 27 heavy (non-hydrogen) atoms. The van der Waals surface area contributed by atoms with Gasteiger partial charge in [0.15, 0.2) is 0 Å². The zero-order valence-electron chi connectivity index (χ0n) is 15.6. The van der Waals surface area contributed by atoms with Crippen molar-refractivity contribution in [1.82, 2.24) is 9.88 Å². The second-order valence-corrected chi connectivity index (χ2v) is 7.94. The number of H-pyrrole nitrogens is 1. The van der Waals surface area contributed by atoms with Gasteiger partial charge in [0.05, 0.1) is 12.2 Å². The van der Waals surface area contributed by atoms with E-state index in [-0.39, 0.29) is 5.91 Å². The number of amides is 1. The van der Waals surface area contributed by atoms with Crippen LogP contribution in [0.3, 0.4) is 0 Å². The average Bonchev–Trinajstić information content (AvgIpc) is 3.13. The zero-order chi connectivity index (χ0) is 18.6. The molecule has 0 radical (unpaired) electrons. The molecule has 0 aliphatic carbocycles. The number of aromatic amines is 1. The number of nitrogens with zero attached hydrogens (tertiary/aromatic N) is 1. The predicted molar refractivity (Wildman–Crippen MR) is 114 cm³/mol. The van der Waals surface area contributed by atoms with E-state index in [0.717, 1.165) is 36.5 Å². The molecule has 1 aliphatic rings. The maximum atomic E-state index is 12.5. The lowest BCUT2D eigenvalue weighted by atomic mass is 9.89. The van der Waals surface area contributed by atoms with E-state index in [4.69, 9.17) is 0 Å². The minimum Gasteiger partial charge on any atom is -0.361 e. The number of carbonyl (C=O) groups excluding carboxylic acids is 1. The maximum Gasteiger partial charge on any atom is 0.238 e. The van der Waals surface area contributed by atoms with Gasteiger partial charge in [0, 0.05) is 22.0 Å². The van der Waals surface area contributed by atoms with Crippen LogP contribution in [0.25, 0.3) is 10.9 Å². The molecule has 0 spiro atoms. The summed E-state index contributed by atoms with van der Waals surface area (Å²) in [6.07, 6.45) is 6.38. The third-order valence-electron chi connectivity index (χ3n) is 5.40. The first-order chi connectivity index (χ1) is 13.2. The Kier molecular flexibility index (Phi) is 5.50. The second-order valence-electron chi connectivity index (χ2n) is 7.09. The first kappa shape index (κ1) is 18.1. The Hall–Kier alpha value is -2.24. The molecule has 1 amide bonds. The molecule has 1 fully saturated rings. The van der Waals surface area contributed by atoms with Crippen molar-refractivity contribution in [3.05, 3.63) is 60.3 Å². The summed E-state index contributed by atoms with van der Waals surface area (Å²) in [4.78, 5) is 19.2. The number of benzene rings is 2. The number of hydrogen-bond acceptors (Lipinski definition) is 3. The zero-order valence-corrected chi connectivity index (χ0v) is 16.4. The van der Waals surface area contributed by atoms with Crippen molar-refractivity contribution >= 4 is 34.3 Å². The fourth-order valence-electron chi connectivity index (χ4n) is 3.97. The summed E-state index contributed by atoms with van der Waals surface area (Å²) in [6.45, 7) is 2.38. The second kappa shape index (κ2) is 8.19. The van der Waals surface area contributed by atoms with Gasteiger partial charge in [0.25, 0.3) is 0 Å². The Balaban J connectivity index is 1.33. The molecule has 2 aromatic carbocycles. The summed E-state index contributed by atoms with van der Waals surface area (Å²) in [6, 6.07) is 16.5. The molecule has 3 aromatic rings. The van der Waals surface area contributed by atoms with Crippen LogP contribution in [0.2, 0.25) is 0 Å². The molecule has 2 N–H and O–H groups in total. The van der Waals surface area contributed by atoms with Crippen molar-refractivity contribution < 1.29 is 4.79 Å².